The molecule has 1 aromatic rings. The van der Waals surface area contributed by atoms with Crippen LogP contribution in [0.2, 0.25) is 0 Å². The zero-order valence-electron chi connectivity index (χ0n) is 7.58. The summed E-state index contributed by atoms with van der Waals surface area (Å²) < 4.78 is 35.4. The number of allylic oxidation sites excluding steroid dienone is 1. The minimum atomic E-state index is -4.33. The van der Waals surface area contributed by atoms with Crippen molar-refractivity contribution in [3.8, 4) is 0 Å². The van der Waals surface area contributed by atoms with Crippen molar-refractivity contribution in [2.45, 2.75) is 6.18 Å². The number of nitrogens with two attached hydrogens (primary N) is 1. The number of amides is 1. The van der Waals surface area contributed by atoms with E-state index < -0.39 is 12.1 Å². The summed E-state index contributed by atoms with van der Waals surface area (Å²) in [7, 11) is 0. The normalized spacial score (nSPS) is 11.9. The number of hydrogen-bond donors (Lipinski definition) is 1. The third-order valence-electron chi connectivity index (χ3n) is 1.66. The third kappa shape index (κ3) is 3.84. The van der Waals surface area contributed by atoms with Crippen LogP contribution in [0.5, 0.6) is 0 Å². The average Bonchev–Trinajstić information content (AvgIpc) is 2.14. The van der Waals surface area contributed by atoms with Crippen molar-refractivity contribution < 1.29 is 18.0 Å². The Hall–Kier alpha value is -1.78. The van der Waals surface area contributed by atoms with Crippen LogP contribution >= 0.6 is 0 Å². The van der Waals surface area contributed by atoms with Gasteiger partial charge in [0.25, 0.3) is 0 Å². The topological polar surface area (TPSA) is 43.1 Å². The summed E-state index contributed by atoms with van der Waals surface area (Å²) in [5.74, 6) is -0.610. The molecule has 0 fully saturated rings. The molecular weight excluding hydrogens is 207 g/mol. The number of carbonyl (C=O) groups is 1. The van der Waals surface area contributed by atoms with E-state index in [2.05, 4.69) is 0 Å². The molecule has 1 rings (SSSR count). The lowest BCUT2D eigenvalue weighted by Gasteiger charge is -1.99. The predicted molar refractivity (Wildman–Crippen MR) is 50.0 cm³/mol. The minimum Gasteiger partial charge on any atom is -0.366 e. The van der Waals surface area contributed by atoms with Gasteiger partial charge in [0.05, 0.1) is 0 Å². The van der Waals surface area contributed by atoms with E-state index in [0.29, 0.717) is 5.56 Å². The number of benzene rings is 1. The van der Waals surface area contributed by atoms with Crippen LogP contribution in [-0.4, -0.2) is 12.1 Å². The molecular formula is C10H8F3NO. The first-order chi connectivity index (χ1) is 6.88. The fourth-order valence-electron chi connectivity index (χ4n) is 0.949. The van der Waals surface area contributed by atoms with E-state index in [1.165, 1.54) is 24.3 Å². The van der Waals surface area contributed by atoms with Gasteiger partial charge < -0.3 is 5.73 Å². The molecule has 5 heteroatoms. The molecule has 15 heavy (non-hydrogen) atoms. The Morgan fingerprint density at radius 3 is 2.13 bits per heavy atom. The highest BCUT2D eigenvalue weighted by molar-refractivity contribution is 5.92. The van der Waals surface area contributed by atoms with Gasteiger partial charge in [-0.15, -0.1) is 0 Å². The molecule has 0 saturated heterocycles. The molecule has 0 bridgehead atoms. The quantitative estimate of drug-likeness (QED) is 0.808. The maximum Gasteiger partial charge on any atom is 0.409 e. The summed E-state index contributed by atoms with van der Waals surface area (Å²) in [5, 5.41) is 0. The van der Waals surface area contributed by atoms with Crippen molar-refractivity contribution in [3.05, 3.63) is 41.5 Å². The van der Waals surface area contributed by atoms with Gasteiger partial charge >= 0.3 is 6.18 Å². The van der Waals surface area contributed by atoms with E-state index in [4.69, 9.17) is 5.73 Å². The van der Waals surface area contributed by atoms with Crippen LogP contribution in [0.25, 0.3) is 6.08 Å². The van der Waals surface area contributed by atoms with Crippen LogP contribution < -0.4 is 5.73 Å². The van der Waals surface area contributed by atoms with Gasteiger partial charge in [-0.25, -0.2) is 0 Å². The molecule has 1 amide bonds. The molecule has 0 radical (unpaired) electrons. The predicted octanol–water partition coefficient (Wildman–Crippen LogP) is 2.36. The fraction of sp³-hybridized carbons (Fsp3) is 0.100. The fourth-order valence-corrected chi connectivity index (χ4v) is 0.949. The van der Waals surface area contributed by atoms with Gasteiger partial charge in [-0.1, -0.05) is 18.2 Å². The number of carbonyl (C=O) groups excluding carboxylic acids is 1. The van der Waals surface area contributed by atoms with Crippen molar-refractivity contribution in [3.63, 3.8) is 0 Å². The first-order valence-corrected chi connectivity index (χ1v) is 4.04. The second-order valence-electron chi connectivity index (χ2n) is 2.86. The Morgan fingerprint density at radius 2 is 1.73 bits per heavy atom. The molecule has 2 nitrogen and oxygen atoms in total. The second kappa shape index (κ2) is 4.16. The van der Waals surface area contributed by atoms with E-state index >= 15 is 0 Å². The average molecular weight is 215 g/mol. The van der Waals surface area contributed by atoms with Gasteiger partial charge in [0.1, 0.15) is 0 Å². The maximum absolute atomic E-state index is 11.8. The highest BCUT2D eigenvalue weighted by Gasteiger charge is 2.21. The molecule has 0 aliphatic rings. The summed E-state index contributed by atoms with van der Waals surface area (Å²) >= 11 is 0. The summed E-state index contributed by atoms with van der Waals surface area (Å²) in [5.41, 5.74) is 5.59. The Balaban J connectivity index is 2.82. The monoisotopic (exact) mass is 215 g/mol. The van der Waals surface area contributed by atoms with Crippen molar-refractivity contribution >= 4 is 12.0 Å². The highest BCUT2D eigenvalue weighted by Crippen LogP contribution is 2.18. The van der Waals surface area contributed by atoms with E-state index in [1.54, 1.807) is 0 Å². The Kier molecular flexibility index (Phi) is 3.14. The molecule has 0 atom stereocenters. The van der Waals surface area contributed by atoms with Crippen LogP contribution in [0.15, 0.2) is 30.3 Å². The van der Waals surface area contributed by atoms with Crippen LogP contribution in [0.1, 0.15) is 15.9 Å². The second-order valence-corrected chi connectivity index (χ2v) is 2.86. The molecule has 0 saturated carbocycles. The molecule has 80 valence electrons. The molecule has 0 unspecified atom stereocenters. The molecule has 1 aromatic carbocycles. The van der Waals surface area contributed by atoms with Crippen molar-refractivity contribution in [1.29, 1.82) is 0 Å². The number of halogens is 3. The summed E-state index contributed by atoms with van der Waals surface area (Å²) in [6, 6.07) is 5.53. The van der Waals surface area contributed by atoms with Crippen LogP contribution in [-0.2, 0) is 0 Å². The minimum absolute atomic E-state index is 0.131. The van der Waals surface area contributed by atoms with Crippen LogP contribution in [0.4, 0.5) is 13.2 Å². The van der Waals surface area contributed by atoms with E-state index in [1.807, 2.05) is 0 Å². The van der Waals surface area contributed by atoms with Gasteiger partial charge in [-0.3, -0.25) is 4.79 Å². The summed E-state index contributed by atoms with van der Waals surface area (Å²) in [4.78, 5) is 10.7. The highest BCUT2D eigenvalue weighted by atomic mass is 19.4. The van der Waals surface area contributed by atoms with Crippen molar-refractivity contribution in [1.82, 2.24) is 0 Å². The molecule has 0 aliphatic heterocycles. The molecule has 0 heterocycles. The van der Waals surface area contributed by atoms with E-state index in [9.17, 15) is 18.0 Å². The van der Waals surface area contributed by atoms with Crippen LogP contribution in [0.3, 0.4) is 0 Å². The van der Waals surface area contributed by atoms with Gasteiger partial charge in [-0.05, 0) is 17.7 Å². The Labute approximate surface area is 84.2 Å². The first-order valence-electron chi connectivity index (χ1n) is 4.04. The van der Waals surface area contributed by atoms with Crippen molar-refractivity contribution in [2.24, 2.45) is 5.73 Å². The first kappa shape index (κ1) is 11.3. The summed E-state index contributed by atoms with van der Waals surface area (Å²) in [6.07, 6.45) is -3.28. The van der Waals surface area contributed by atoms with Gasteiger partial charge in [0.2, 0.25) is 5.91 Å². The maximum atomic E-state index is 11.8. The van der Waals surface area contributed by atoms with Gasteiger partial charge in [0.15, 0.2) is 0 Å². The Bertz CT molecular complexity index is 379. The summed E-state index contributed by atoms with van der Waals surface area (Å²) in [6.45, 7) is 0. The van der Waals surface area contributed by atoms with Crippen LogP contribution in [0, 0.1) is 0 Å². The third-order valence-corrected chi connectivity index (χ3v) is 1.66. The lowest BCUT2D eigenvalue weighted by Crippen LogP contribution is -2.10. The molecule has 0 spiro atoms. The van der Waals surface area contributed by atoms with E-state index in [-0.39, 0.29) is 11.6 Å². The number of hydrogen-bond acceptors (Lipinski definition) is 1. The molecule has 0 aromatic heterocycles. The Morgan fingerprint density at radius 1 is 1.20 bits per heavy atom. The standard InChI is InChI=1S/C10H8F3NO/c11-10(12,13)6-5-7-1-3-8(4-2-7)9(14)15/h1-6H,(H2,14,15)/b6-5+. The lowest BCUT2D eigenvalue weighted by molar-refractivity contribution is -0.0790. The van der Waals surface area contributed by atoms with Gasteiger partial charge in [0, 0.05) is 11.6 Å². The largest absolute Gasteiger partial charge is 0.409 e. The number of alkyl halides is 3. The number of rotatable bonds is 2. The smallest absolute Gasteiger partial charge is 0.366 e. The van der Waals surface area contributed by atoms with Gasteiger partial charge in [-0.2, -0.15) is 13.2 Å². The number of primary amides is 1. The molecule has 2 N–H and O–H groups in total. The lowest BCUT2D eigenvalue weighted by atomic mass is 10.1. The SMILES string of the molecule is NC(=O)c1ccc(/C=C/C(F)(F)F)cc1. The van der Waals surface area contributed by atoms with E-state index in [0.717, 1.165) is 6.08 Å². The zero-order chi connectivity index (χ0) is 11.5. The van der Waals surface area contributed by atoms with Crippen molar-refractivity contribution in [2.75, 3.05) is 0 Å². The zero-order valence-corrected chi connectivity index (χ0v) is 7.58. The molecule has 0 aliphatic carbocycles.